The Hall–Kier alpha value is -0.770. The Morgan fingerprint density at radius 3 is 2.65 bits per heavy atom. The zero-order valence-corrected chi connectivity index (χ0v) is 13.3. The van der Waals surface area contributed by atoms with E-state index in [1.165, 1.54) is 0 Å². The van der Waals surface area contributed by atoms with E-state index in [0.29, 0.717) is 10.0 Å². The predicted molar refractivity (Wildman–Crippen MR) is 83.0 cm³/mol. The van der Waals surface area contributed by atoms with Crippen LogP contribution in [-0.4, -0.2) is 23.4 Å². The minimum absolute atomic E-state index is 0.0819. The largest absolute Gasteiger partial charge is 0.335 e. The van der Waals surface area contributed by atoms with Gasteiger partial charge in [0, 0.05) is 12.6 Å². The summed E-state index contributed by atoms with van der Waals surface area (Å²) in [5, 5.41) is 1.07. The van der Waals surface area contributed by atoms with Crippen LogP contribution in [0.2, 0.25) is 10.0 Å². The standard InChI is InChI=1S/C15H20Cl2N2O/c1-9(10(2)18)15(20)19-7-3-4-14(19)11-5-6-12(16)13(17)8-11/h5-6,8-10,14H,3-4,7,18H2,1-2H3. The molecular formula is C15H20Cl2N2O. The van der Waals surface area contributed by atoms with Crippen molar-refractivity contribution >= 4 is 29.1 Å². The Labute approximate surface area is 130 Å². The summed E-state index contributed by atoms with van der Waals surface area (Å²) < 4.78 is 0. The molecule has 1 aliphatic heterocycles. The Morgan fingerprint density at radius 1 is 1.35 bits per heavy atom. The molecule has 0 bridgehead atoms. The van der Waals surface area contributed by atoms with Gasteiger partial charge < -0.3 is 10.6 Å². The van der Waals surface area contributed by atoms with Crippen molar-refractivity contribution in [1.29, 1.82) is 0 Å². The zero-order chi connectivity index (χ0) is 14.9. The third-order valence-corrected chi connectivity index (χ3v) is 4.78. The van der Waals surface area contributed by atoms with E-state index in [-0.39, 0.29) is 23.9 Å². The van der Waals surface area contributed by atoms with Gasteiger partial charge in [0.25, 0.3) is 0 Å². The van der Waals surface area contributed by atoms with E-state index in [0.717, 1.165) is 24.9 Å². The van der Waals surface area contributed by atoms with Crippen molar-refractivity contribution in [2.45, 2.75) is 38.8 Å². The molecule has 1 amide bonds. The summed E-state index contributed by atoms with van der Waals surface area (Å²) in [6.07, 6.45) is 1.96. The van der Waals surface area contributed by atoms with Crippen LogP contribution in [-0.2, 0) is 4.79 Å². The van der Waals surface area contributed by atoms with Crippen LogP contribution in [0, 0.1) is 5.92 Å². The van der Waals surface area contributed by atoms with Crippen molar-refractivity contribution < 1.29 is 4.79 Å². The summed E-state index contributed by atoms with van der Waals surface area (Å²) in [4.78, 5) is 14.4. The molecule has 0 spiro atoms. The van der Waals surface area contributed by atoms with Gasteiger partial charge in [-0.05, 0) is 37.5 Å². The van der Waals surface area contributed by atoms with E-state index in [9.17, 15) is 4.79 Å². The first-order valence-corrected chi connectivity index (χ1v) is 7.68. The summed E-state index contributed by atoms with van der Waals surface area (Å²) in [6, 6.07) is 5.53. The number of amides is 1. The quantitative estimate of drug-likeness (QED) is 0.925. The molecule has 5 heteroatoms. The minimum Gasteiger partial charge on any atom is -0.335 e. The zero-order valence-electron chi connectivity index (χ0n) is 11.8. The molecule has 3 unspecified atom stereocenters. The lowest BCUT2D eigenvalue weighted by Crippen LogP contribution is -2.41. The van der Waals surface area contributed by atoms with Crippen LogP contribution in [0.15, 0.2) is 18.2 Å². The number of nitrogens with zero attached hydrogens (tertiary/aromatic N) is 1. The normalized spacial score (nSPS) is 21.9. The molecule has 2 rings (SSSR count). The molecule has 3 nitrogen and oxygen atoms in total. The van der Waals surface area contributed by atoms with Crippen molar-refractivity contribution in [3.05, 3.63) is 33.8 Å². The predicted octanol–water partition coefficient (Wildman–Crippen LogP) is 3.64. The number of hydrogen-bond acceptors (Lipinski definition) is 2. The van der Waals surface area contributed by atoms with Crippen LogP contribution < -0.4 is 5.73 Å². The smallest absolute Gasteiger partial charge is 0.227 e. The van der Waals surface area contributed by atoms with Crippen LogP contribution in [0.1, 0.15) is 38.3 Å². The van der Waals surface area contributed by atoms with Gasteiger partial charge in [0.1, 0.15) is 0 Å². The average Bonchev–Trinajstić information content (AvgIpc) is 2.89. The molecule has 1 fully saturated rings. The molecule has 0 radical (unpaired) electrons. The average molecular weight is 315 g/mol. The number of rotatable bonds is 3. The number of hydrogen-bond donors (Lipinski definition) is 1. The van der Waals surface area contributed by atoms with Crippen LogP contribution in [0.3, 0.4) is 0 Å². The third kappa shape index (κ3) is 3.11. The van der Waals surface area contributed by atoms with Gasteiger partial charge in [0.05, 0.1) is 22.0 Å². The van der Waals surface area contributed by atoms with Gasteiger partial charge in [-0.2, -0.15) is 0 Å². The highest BCUT2D eigenvalue weighted by Gasteiger charge is 2.33. The van der Waals surface area contributed by atoms with Gasteiger partial charge in [0.2, 0.25) is 5.91 Å². The van der Waals surface area contributed by atoms with Gasteiger partial charge in [0.15, 0.2) is 0 Å². The fourth-order valence-corrected chi connectivity index (χ4v) is 2.89. The van der Waals surface area contributed by atoms with Gasteiger partial charge in [-0.3, -0.25) is 4.79 Å². The lowest BCUT2D eigenvalue weighted by Gasteiger charge is -2.29. The Kier molecular flexibility index (Phi) is 4.95. The Bertz CT molecular complexity index is 505. The number of benzene rings is 1. The lowest BCUT2D eigenvalue weighted by molar-refractivity contribution is -0.136. The number of carbonyl (C=O) groups excluding carboxylic acids is 1. The second kappa shape index (κ2) is 6.33. The number of likely N-dealkylation sites (tertiary alicyclic amines) is 1. The van der Waals surface area contributed by atoms with Crippen molar-refractivity contribution in [3.63, 3.8) is 0 Å². The van der Waals surface area contributed by atoms with E-state index < -0.39 is 0 Å². The van der Waals surface area contributed by atoms with E-state index >= 15 is 0 Å². The summed E-state index contributed by atoms with van der Waals surface area (Å²) in [5.41, 5.74) is 6.89. The SMILES string of the molecule is CC(N)C(C)C(=O)N1CCCC1c1ccc(Cl)c(Cl)c1. The summed E-state index contributed by atoms with van der Waals surface area (Å²) >= 11 is 12.0. The molecule has 1 aromatic carbocycles. The number of carbonyl (C=O) groups is 1. The first-order chi connectivity index (χ1) is 9.41. The molecule has 1 heterocycles. The molecular weight excluding hydrogens is 295 g/mol. The maximum atomic E-state index is 12.5. The van der Waals surface area contributed by atoms with Crippen molar-refractivity contribution in [2.75, 3.05) is 6.54 Å². The molecule has 110 valence electrons. The maximum absolute atomic E-state index is 12.5. The molecule has 0 aromatic heterocycles. The molecule has 0 saturated carbocycles. The minimum atomic E-state index is -0.168. The first kappa shape index (κ1) is 15.6. The molecule has 0 aliphatic carbocycles. The van der Waals surface area contributed by atoms with Crippen molar-refractivity contribution in [1.82, 2.24) is 4.90 Å². The van der Waals surface area contributed by atoms with Crippen LogP contribution >= 0.6 is 23.2 Å². The van der Waals surface area contributed by atoms with Gasteiger partial charge >= 0.3 is 0 Å². The molecule has 2 N–H and O–H groups in total. The molecule has 1 saturated heterocycles. The highest BCUT2D eigenvalue weighted by atomic mass is 35.5. The maximum Gasteiger partial charge on any atom is 0.227 e. The second-order valence-corrected chi connectivity index (χ2v) is 6.33. The van der Waals surface area contributed by atoms with E-state index in [1.54, 1.807) is 6.07 Å². The van der Waals surface area contributed by atoms with Gasteiger partial charge in [-0.25, -0.2) is 0 Å². The van der Waals surface area contributed by atoms with Crippen LogP contribution in [0.25, 0.3) is 0 Å². The fraction of sp³-hybridized carbons (Fsp3) is 0.533. The van der Waals surface area contributed by atoms with E-state index in [4.69, 9.17) is 28.9 Å². The van der Waals surface area contributed by atoms with Gasteiger partial charge in [-0.15, -0.1) is 0 Å². The highest BCUT2D eigenvalue weighted by Crippen LogP contribution is 2.35. The first-order valence-electron chi connectivity index (χ1n) is 6.93. The summed E-state index contributed by atoms with van der Waals surface area (Å²) in [6.45, 7) is 4.53. The molecule has 3 atom stereocenters. The monoisotopic (exact) mass is 314 g/mol. The summed E-state index contributed by atoms with van der Waals surface area (Å²) in [5.74, 6) is -0.0491. The lowest BCUT2D eigenvalue weighted by atomic mass is 10.00. The highest BCUT2D eigenvalue weighted by molar-refractivity contribution is 6.42. The van der Waals surface area contributed by atoms with E-state index in [2.05, 4.69) is 0 Å². The topological polar surface area (TPSA) is 46.3 Å². The fourth-order valence-electron chi connectivity index (χ4n) is 2.58. The van der Waals surface area contributed by atoms with Gasteiger partial charge in [-0.1, -0.05) is 36.2 Å². The Morgan fingerprint density at radius 2 is 2.05 bits per heavy atom. The van der Waals surface area contributed by atoms with Crippen molar-refractivity contribution in [3.8, 4) is 0 Å². The summed E-state index contributed by atoms with van der Waals surface area (Å²) in [7, 11) is 0. The molecule has 1 aliphatic rings. The second-order valence-electron chi connectivity index (χ2n) is 5.51. The molecule has 1 aromatic rings. The number of nitrogens with two attached hydrogens (primary N) is 1. The van der Waals surface area contributed by atoms with Crippen LogP contribution in [0.5, 0.6) is 0 Å². The third-order valence-electron chi connectivity index (χ3n) is 4.04. The van der Waals surface area contributed by atoms with E-state index in [1.807, 2.05) is 30.9 Å². The number of halogens is 2. The Balaban J connectivity index is 2.22. The molecule has 20 heavy (non-hydrogen) atoms. The van der Waals surface area contributed by atoms with Crippen LogP contribution in [0.4, 0.5) is 0 Å². The van der Waals surface area contributed by atoms with Crippen molar-refractivity contribution in [2.24, 2.45) is 11.7 Å².